The second-order valence-electron chi connectivity index (χ2n) is 7.17. The lowest BCUT2D eigenvalue weighted by atomic mass is 10.1. The summed E-state index contributed by atoms with van der Waals surface area (Å²) in [6.45, 7) is 4.52. The van der Waals surface area contributed by atoms with Gasteiger partial charge in [-0.2, -0.15) is 0 Å². The summed E-state index contributed by atoms with van der Waals surface area (Å²) in [4.78, 5) is 12.8. The molecule has 5 heteroatoms. The van der Waals surface area contributed by atoms with E-state index in [1.165, 1.54) is 0 Å². The minimum absolute atomic E-state index is 0.317. The van der Waals surface area contributed by atoms with E-state index in [-0.39, 0.29) is 5.97 Å². The van der Waals surface area contributed by atoms with E-state index in [1.54, 1.807) is 7.11 Å². The Hall–Kier alpha value is -3.73. The molecule has 158 valence electrons. The van der Waals surface area contributed by atoms with Crippen molar-refractivity contribution >= 4 is 16.9 Å². The largest absolute Gasteiger partial charge is 0.497 e. The van der Waals surface area contributed by atoms with Crippen LogP contribution in [-0.4, -0.2) is 24.3 Å². The third-order valence-electron chi connectivity index (χ3n) is 5.23. The van der Waals surface area contributed by atoms with Crippen molar-refractivity contribution in [3.8, 4) is 17.2 Å². The smallest absolute Gasteiger partial charge is 0.340 e. The van der Waals surface area contributed by atoms with E-state index in [1.807, 2.05) is 86.6 Å². The number of esters is 1. The number of carbonyl (C=O) groups is 1. The molecule has 5 nitrogen and oxygen atoms in total. The van der Waals surface area contributed by atoms with Crippen molar-refractivity contribution in [2.45, 2.75) is 20.5 Å². The number of nitrogens with zero attached hydrogens (tertiary/aromatic N) is 1. The van der Waals surface area contributed by atoms with E-state index in [2.05, 4.69) is 4.57 Å². The number of benzene rings is 3. The maximum absolute atomic E-state index is 12.8. The van der Waals surface area contributed by atoms with Crippen LogP contribution >= 0.6 is 0 Å². The van der Waals surface area contributed by atoms with Gasteiger partial charge in [0.15, 0.2) is 0 Å². The monoisotopic (exact) mass is 415 g/mol. The Morgan fingerprint density at radius 3 is 2.32 bits per heavy atom. The molecule has 31 heavy (non-hydrogen) atoms. The fraction of sp³-hybridized carbons (Fsp3) is 0.192. The van der Waals surface area contributed by atoms with Crippen LogP contribution in [0.1, 0.15) is 28.5 Å². The highest BCUT2D eigenvalue weighted by atomic mass is 16.5. The minimum Gasteiger partial charge on any atom is -0.497 e. The van der Waals surface area contributed by atoms with Gasteiger partial charge in [0.05, 0.1) is 24.8 Å². The number of methoxy groups -OCH3 is 1. The lowest BCUT2D eigenvalue weighted by Crippen LogP contribution is -2.07. The van der Waals surface area contributed by atoms with Gasteiger partial charge in [-0.15, -0.1) is 0 Å². The summed E-state index contributed by atoms with van der Waals surface area (Å²) in [6.07, 6.45) is 0. The van der Waals surface area contributed by atoms with E-state index in [0.29, 0.717) is 24.5 Å². The SMILES string of the molecule is CCOC(=O)c1c(C)n(-c2ccc(OC)cc2)c2ccc(OCc3ccccc3)cc12. The van der Waals surface area contributed by atoms with Gasteiger partial charge < -0.3 is 18.8 Å². The normalized spacial score (nSPS) is 10.8. The van der Waals surface area contributed by atoms with Crippen molar-refractivity contribution in [3.63, 3.8) is 0 Å². The summed E-state index contributed by atoms with van der Waals surface area (Å²) < 4.78 is 18.7. The van der Waals surface area contributed by atoms with Crippen LogP contribution in [0.2, 0.25) is 0 Å². The first-order valence-electron chi connectivity index (χ1n) is 10.3. The molecule has 0 bridgehead atoms. The Kier molecular flexibility index (Phi) is 5.94. The number of aromatic nitrogens is 1. The van der Waals surface area contributed by atoms with Crippen LogP contribution in [-0.2, 0) is 11.3 Å². The van der Waals surface area contributed by atoms with Gasteiger partial charge in [0.1, 0.15) is 18.1 Å². The molecule has 0 fully saturated rings. The van der Waals surface area contributed by atoms with Gasteiger partial charge in [-0.1, -0.05) is 30.3 Å². The fourth-order valence-corrected chi connectivity index (χ4v) is 3.75. The van der Waals surface area contributed by atoms with Crippen LogP contribution in [0.5, 0.6) is 11.5 Å². The lowest BCUT2D eigenvalue weighted by molar-refractivity contribution is 0.0527. The molecule has 1 aromatic heterocycles. The molecule has 0 N–H and O–H groups in total. The van der Waals surface area contributed by atoms with Crippen LogP contribution < -0.4 is 9.47 Å². The first kappa shape index (κ1) is 20.5. The van der Waals surface area contributed by atoms with Gasteiger partial charge in [-0.05, 0) is 61.9 Å². The summed E-state index contributed by atoms with van der Waals surface area (Å²) in [5, 5.41) is 0.803. The van der Waals surface area contributed by atoms with E-state index < -0.39 is 0 Å². The zero-order valence-electron chi connectivity index (χ0n) is 17.9. The van der Waals surface area contributed by atoms with Crippen LogP contribution in [0.4, 0.5) is 0 Å². The highest BCUT2D eigenvalue weighted by Gasteiger charge is 2.22. The van der Waals surface area contributed by atoms with E-state index in [9.17, 15) is 4.79 Å². The number of ether oxygens (including phenoxy) is 3. The predicted molar refractivity (Wildman–Crippen MR) is 121 cm³/mol. The third kappa shape index (κ3) is 4.12. The third-order valence-corrected chi connectivity index (χ3v) is 5.23. The van der Waals surface area contributed by atoms with Crippen molar-refractivity contribution in [3.05, 3.63) is 89.6 Å². The van der Waals surface area contributed by atoms with Crippen LogP contribution in [0, 0.1) is 6.92 Å². The van der Waals surface area contributed by atoms with Crippen LogP contribution in [0.25, 0.3) is 16.6 Å². The maximum Gasteiger partial charge on any atom is 0.340 e. The van der Waals surface area contributed by atoms with Gasteiger partial charge in [0.2, 0.25) is 0 Å². The summed E-state index contributed by atoms with van der Waals surface area (Å²) in [5.74, 6) is 1.14. The summed E-state index contributed by atoms with van der Waals surface area (Å²) in [6, 6.07) is 23.6. The maximum atomic E-state index is 12.8. The molecular weight excluding hydrogens is 390 g/mol. The number of fused-ring (bicyclic) bond motifs is 1. The molecule has 0 aliphatic rings. The summed E-state index contributed by atoms with van der Waals surface area (Å²) in [7, 11) is 1.64. The molecule has 0 atom stereocenters. The average Bonchev–Trinajstić information content (AvgIpc) is 3.09. The van der Waals surface area contributed by atoms with Crippen molar-refractivity contribution in [2.75, 3.05) is 13.7 Å². The minimum atomic E-state index is -0.336. The molecule has 1 heterocycles. The number of hydrogen-bond acceptors (Lipinski definition) is 4. The van der Waals surface area contributed by atoms with Gasteiger partial charge in [-0.3, -0.25) is 0 Å². The van der Waals surface area contributed by atoms with Crippen LogP contribution in [0.15, 0.2) is 72.8 Å². The molecule has 0 aliphatic heterocycles. The van der Waals surface area contributed by atoms with Gasteiger partial charge >= 0.3 is 5.97 Å². The molecule has 0 radical (unpaired) electrons. The van der Waals surface area contributed by atoms with Gasteiger partial charge in [-0.25, -0.2) is 4.79 Å². The summed E-state index contributed by atoms with van der Waals surface area (Å²) in [5.41, 5.74) is 4.31. The van der Waals surface area contributed by atoms with Gasteiger partial charge in [0, 0.05) is 16.8 Å². The molecule has 4 aromatic rings. The molecule has 0 saturated carbocycles. The second-order valence-corrected chi connectivity index (χ2v) is 7.17. The molecule has 0 saturated heterocycles. The average molecular weight is 415 g/mol. The van der Waals surface area contributed by atoms with E-state index in [0.717, 1.165) is 33.6 Å². The van der Waals surface area contributed by atoms with Gasteiger partial charge in [0.25, 0.3) is 0 Å². The number of rotatable bonds is 7. The Labute approximate surface area is 181 Å². The molecule has 0 aliphatic carbocycles. The molecule has 3 aromatic carbocycles. The topological polar surface area (TPSA) is 49.7 Å². The zero-order valence-corrected chi connectivity index (χ0v) is 17.9. The highest BCUT2D eigenvalue weighted by molar-refractivity contribution is 6.07. The quantitative estimate of drug-likeness (QED) is 0.363. The van der Waals surface area contributed by atoms with Crippen LogP contribution in [0.3, 0.4) is 0 Å². The molecule has 0 unspecified atom stereocenters. The Bertz CT molecular complexity index is 1190. The van der Waals surface area contributed by atoms with Crippen molar-refractivity contribution in [2.24, 2.45) is 0 Å². The lowest BCUT2D eigenvalue weighted by Gasteiger charge is -2.10. The highest BCUT2D eigenvalue weighted by Crippen LogP contribution is 2.33. The van der Waals surface area contributed by atoms with Crippen molar-refractivity contribution in [1.29, 1.82) is 0 Å². The standard InChI is InChI=1S/C26H25NO4/c1-4-30-26(28)25-18(2)27(20-10-12-21(29-3)13-11-20)24-15-14-22(16-23(24)25)31-17-19-8-6-5-7-9-19/h5-16H,4,17H2,1-3H3. The predicted octanol–water partition coefficient (Wildman–Crippen LogP) is 5.70. The summed E-state index contributed by atoms with van der Waals surface area (Å²) >= 11 is 0. The molecular formula is C26H25NO4. The molecule has 0 amide bonds. The Morgan fingerprint density at radius 1 is 0.935 bits per heavy atom. The zero-order chi connectivity index (χ0) is 21.8. The fourth-order valence-electron chi connectivity index (χ4n) is 3.75. The molecule has 0 spiro atoms. The van der Waals surface area contributed by atoms with Crippen molar-refractivity contribution in [1.82, 2.24) is 4.57 Å². The first-order valence-corrected chi connectivity index (χ1v) is 10.3. The number of carbonyl (C=O) groups excluding carboxylic acids is 1. The Morgan fingerprint density at radius 2 is 1.65 bits per heavy atom. The first-order chi connectivity index (χ1) is 15.1. The Balaban J connectivity index is 1.79. The number of hydrogen-bond donors (Lipinski definition) is 0. The molecule has 4 rings (SSSR count). The second kappa shape index (κ2) is 8.96. The van der Waals surface area contributed by atoms with E-state index >= 15 is 0 Å². The van der Waals surface area contributed by atoms with Crippen molar-refractivity contribution < 1.29 is 19.0 Å². The van der Waals surface area contributed by atoms with E-state index in [4.69, 9.17) is 14.2 Å².